The van der Waals surface area contributed by atoms with Gasteiger partial charge in [-0.2, -0.15) is 0 Å². The molecular weight excluding hydrogens is 174 g/mol. The predicted molar refractivity (Wildman–Crippen MR) is 48.2 cm³/mol. The van der Waals surface area contributed by atoms with E-state index in [-0.39, 0.29) is 11.3 Å². The van der Waals surface area contributed by atoms with Crippen molar-refractivity contribution < 1.29 is 5.11 Å². The second-order valence-electron chi connectivity index (χ2n) is 3.32. The fourth-order valence-electron chi connectivity index (χ4n) is 1.31. The molecule has 12 heavy (non-hydrogen) atoms. The quantitative estimate of drug-likeness (QED) is 0.700. The van der Waals surface area contributed by atoms with Crippen molar-refractivity contribution >= 4 is 11.6 Å². The second kappa shape index (κ2) is 2.38. The number of nitrogens with two attached hydrogens (primary N) is 1. The third-order valence-corrected chi connectivity index (χ3v) is 2.59. The molecule has 0 heterocycles. The Morgan fingerprint density at radius 2 is 2.08 bits per heavy atom. The molecule has 1 aromatic rings. The third-order valence-electron chi connectivity index (χ3n) is 2.28. The molecule has 0 aromatic heterocycles. The maximum atomic E-state index is 9.10. The van der Waals surface area contributed by atoms with Crippen molar-refractivity contribution in [3.05, 3.63) is 28.8 Å². The zero-order chi connectivity index (χ0) is 8.77. The van der Waals surface area contributed by atoms with Gasteiger partial charge in [0, 0.05) is 10.6 Å². The molecule has 1 aliphatic carbocycles. The largest absolute Gasteiger partial charge is 0.508 e. The maximum Gasteiger partial charge on any atom is 0.117 e. The Kier molecular flexibility index (Phi) is 1.56. The van der Waals surface area contributed by atoms with E-state index in [0.29, 0.717) is 5.02 Å². The van der Waals surface area contributed by atoms with Gasteiger partial charge in [0.15, 0.2) is 0 Å². The Morgan fingerprint density at radius 1 is 1.42 bits per heavy atom. The molecule has 64 valence electrons. The number of hydrogen-bond acceptors (Lipinski definition) is 2. The summed E-state index contributed by atoms with van der Waals surface area (Å²) in [6.07, 6.45) is 1.97. The van der Waals surface area contributed by atoms with Gasteiger partial charge in [-0.25, -0.2) is 0 Å². The molecule has 0 unspecified atom stereocenters. The maximum absolute atomic E-state index is 9.10. The number of aromatic hydroxyl groups is 1. The normalized spacial score (nSPS) is 19.2. The van der Waals surface area contributed by atoms with E-state index in [1.54, 1.807) is 12.1 Å². The van der Waals surface area contributed by atoms with Gasteiger partial charge >= 0.3 is 0 Å². The summed E-state index contributed by atoms with van der Waals surface area (Å²) >= 11 is 5.91. The first-order valence-electron chi connectivity index (χ1n) is 3.90. The van der Waals surface area contributed by atoms with Crippen molar-refractivity contribution in [2.24, 2.45) is 5.73 Å². The molecular formula is C9H10ClNO. The van der Waals surface area contributed by atoms with Crippen LogP contribution in [0.5, 0.6) is 5.75 Å². The monoisotopic (exact) mass is 183 g/mol. The van der Waals surface area contributed by atoms with Gasteiger partial charge in [-0.15, -0.1) is 0 Å². The number of hydrogen-bond donors (Lipinski definition) is 2. The van der Waals surface area contributed by atoms with Crippen LogP contribution >= 0.6 is 11.6 Å². The van der Waals surface area contributed by atoms with E-state index in [9.17, 15) is 0 Å². The van der Waals surface area contributed by atoms with Crippen LogP contribution in [0.15, 0.2) is 18.2 Å². The summed E-state index contributed by atoms with van der Waals surface area (Å²) in [6, 6.07) is 4.95. The molecule has 2 nitrogen and oxygen atoms in total. The van der Waals surface area contributed by atoms with Gasteiger partial charge in [0.2, 0.25) is 0 Å². The molecule has 0 saturated heterocycles. The molecule has 1 aliphatic rings. The van der Waals surface area contributed by atoms with E-state index in [4.69, 9.17) is 22.4 Å². The molecule has 3 heteroatoms. The molecule has 0 bridgehead atoms. The predicted octanol–water partition coefficient (Wildman–Crippen LogP) is 1.99. The summed E-state index contributed by atoms with van der Waals surface area (Å²) in [5, 5.41) is 9.66. The molecule has 2 rings (SSSR count). The minimum Gasteiger partial charge on any atom is -0.508 e. The van der Waals surface area contributed by atoms with Crippen LogP contribution in [0.4, 0.5) is 0 Å². The fourth-order valence-corrected chi connectivity index (χ4v) is 1.67. The average Bonchev–Trinajstić information content (AvgIpc) is 2.68. The number of phenols is 1. The number of benzene rings is 1. The standard InChI is InChI=1S/C9H10ClNO/c10-8-5-6(12)1-2-7(8)9(11)3-4-9/h1-2,5,12H,3-4,11H2. The Labute approximate surface area is 76.0 Å². The van der Waals surface area contributed by atoms with Crippen LogP contribution in [0.2, 0.25) is 5.02 Å². The van der Waals surface area contributed by atoms with Crippen molar-refractivity contribution in [1.82, 2.24) is 0 Å². The van der Waals surface area contributed by atoms with E-state index < -0.39 is 0 Å². The first-order valence-corrected chi connectivity index (χ1v) is 4.27. The lowest BCUT2D eigenvalue weighted by Gasteiger charge is -2.10. The highest BCUT2D eigenvalue weighted by Gasteiger charge is 2.41. The van der Waals surface area contributed by atoms with Crippen LogP contribution in [0.25, 0.3) is 0 Å². The summed E-state index contributed by atoms with van der Waals surface area (Å²) in [7, 11) is 0. The second-order valence-corrected chi connectivity index (χ2v) is 3.73. The smallest absolute Gasteiger partial charge is 0.117 e. The summed E-state index contributed by atoms with van der Waals surface area (Å²) in [4.78, 5) is 0. The Balaban J connectivity index is 2.45. The van der Waals surface area contributed by atoms with E-state index in [1.165, 1.54) is 6.07 Å². The highest BCUT2D eigenvalue weighted by molar-refractivity contribution is 6.31. The van der Waals surface area contributed by atoms with Crippen LogP contribution in [-0.4, -0.2) is 5.11 Å². The topological polar surface area (TPSA) is 46.2 Å². The molecule has 0 aliphatic heterocycles. The molecule has 1 fully saturated rings. The third kappa shape index (κ3) is 1.17. The zero-order valence-corrected chi connectivity index (χ0v) is 7.30. The van der Waals surface area contributed by atoms with Crippen LogP contribution in [0.3, 0.4) is 0 Å². The summed E-state index contributed by atoms with van der Waals surface area (Å²) in [6.45, 7) is 0. The van der Waals surface area contributed by atoms with Gasteiger partial charge in [-0.1, -0.05) is 17.7 Å². The Bertz CT molecular complexity index is 320. The minimum atomic E-state index is -0.217. The molecule has 0 spiro atoms. The lowest BCUT2D eigenvalue weighted by molar-refractivity contribution is 0.475. The van der Waals surface area contributed by atoms with Gasteiger partial charge in [0.1, 0.15) is 5.75 Å². The van der Waals surface area contributed by atoms with Gasteiger partial charge in [0.05, 0.1) is 0 Å². The van der Waals surface area contributed by atoms with Gasteiger partial charge < -0.3 is 10.8 Å². The number of halogens is 1. The Morgan fingerprint density at radius 3 is 2.58 bits per heavy atom. The van der Waals surface area contributed by atoms with Gasteiger partial charge in [0.25, 0.3) is 0 Å². The lowest BCUT2D eigenvalue weighted by atomic mass is 10.1. The first-order chi connectivity index (χ1) is 5.62. The molecule has 1 saturated carbocycles. The summed E-state index contributed by atoms with van der Waals surface area (Å²) < 4.78 is 0. The van der Waals surface area contributed by atoms with Crippen molar-refractivity contribution in [3.63, 3.8) is 0 Å². The highest BCUT2D eigenvalue weighted by Crippen LogP contribution is 2.45. The minimum absolute atomic E-state index is 0.188. The zero-order valence-electron chi connectivity index (χ0n) is 6.55. The van der Waals surface area contributed by atoms with Crippen LogP contribution < -0.4 is 5.73 Å². The van der Waals surface area contributed by atoms with Gasteiger partial charge in [-0.05, 0) is 30.5 Å². The molecule has 0 radical (unpaired) electrons. The average molecular weight is 184 g/mol. The van der Waals surface area contributed by atoms with E-state index in [2.05, 4.69) is 0 Å². The number of phenolic OH excluding ortho intramolecular Hbond substituents is 1. The lowest BCUT2D eigenvalue weighted by Crippen LogP contribution is -2.18. The SMILES string of the molecule is NC1(c2ccc(O)cc2Cl)CC1. The van der Waals surface area contributed by atoms with Crippen LogP contribution in [0.1, 0.15) is 18.4 Å². The van der Waals surface area contributed by atoms with Gasteiger partial charge in [-0.3, -0.25) is 0 Å². The fraction of sp³-hybridized carbons (Fsp3) is 0.333. The molecule has 0 atom stereocenters. The highest BCUT2D eigenvalue weighted by atomic mass is 35.5. The van der Waals surface area contributed by atoms with E-state index in [1.807, 2.05) is 0 Å². The van der Waals surface area contributed by atoms with Crippen LogP contribution in [0, 0.1) is 0 Å². The van der Waals surface area contributed by atoms with Crippen molar-refractivity contribution in [1.29, 1.82) is 0 Å². The molecule has 1 aromatic carbocycles. The van der Waals surface area contributed by atoms with Crippen LogP contribution in [-0.2, 0) is 5.54 Å². The van der Waals surface area contributed by atoms with Crippen molar-refractivity contribution in [3.8, 4) is 5.75 Å². The Hall–Kier alpha value is -0.730. The summed E-state index contributed by atoms with van der Waals surface area (Å²) in [5.74, 6) is 0.188. The van der Waals surface area contributed by atoms with Crippen molar-refractivity contribution in [2.75, 3.05) is 0 Å². The van der Waals surface area contributed by atoms with Crippen molar-refractivity contribution in [2.45, 2.75) is 18.4 Å². The first kappa shape index (κ1) is 7.90. The molecule has 0 amide bonds. The summed E-state index contributed by atoms with van der Waals surface area (Å²) in [5.41, 5.74) is 6.68. The number of rotatable bonds is 1. The molecule has 3 N–H and O–H groups in total. The van der Waals surface area contributed by atoms with E-state index in [0.717, 1.165) is 18.4 Å². The van der Waals surface area contributed by atoms with E-state index >= 15 is 0 Å².